The summed E-state index contributed by atoms with van der Waals surface area (Å²) in [4.78, 5) is 30.9. The first-order valence-electron chi connectivity index (χ1n) is 9.21. The number of piperazine rings is 1. The molecule has 144 valence electrons. The minimum atomic E-state index is -0.493. The molecule has 1 atom stereocenters. The molecule has 0 radical (unpaired) electrons. The predicted octanol–water partition coefficient (Wildman–Crippen LogP) is 0.0900. The monoisotopic (exact) mass is 371 g/mol. The second-order valence-electron chi connectivity index (χ2n) is 6.56. The molecule has 0 bridgehead atoms. The Morgan fingerprint density at radius 2 is 2.33 bits per heavy atom. The third-order valence-electron chi connectivity index (χ3n) is 4.53. The Morgan fingerprint density at radius 1 is 1.44 bits per heavy atom. The molecule has 1 aliphatic rings. The zero-order valence-corrected chi connectivity index (χ0v) is 15.5. The fourth-order valence-electron chi connectivity index (χ4n) is 3.17. The number of hydrogen-bond donors (Lipinski definition) is 2. The minimum Gasteiger partial charge on any atom is -0.353 e. The largest absolute Gasteiger partial charge is 0.353 e. The first-order valence-corrected chi connectivity index (χ1v) is 9.21. The number of nitrogens with one attached hydrogen (secondary N) is 2. The number of pyridine rings is 1. The van der Waals surface area contributed by atoms with Crippen LogP contribution in [0.2, 0.25) is 0 Å². The average molecular weight is 371 g/mol. The summed E-state index contributed by atoms with van der Waals surface area (Å²) in [6, 6.07) is 3.34. The van der Waals surface area contributed by atoms with E-state index < -0.39 is 6.04 Å². The zero-order chi connectivity index (χ0) is 19.1. The molecular weight excluding hydrogens is 346 g/mol. The van der Waals surface area contributed by atoms with Gasteiger partial charge in [-0.1, -0.05) is 13.0 Å². The Balaban J connectivity index is 1.58. The number of carbonyl (C=O) groups is 2. The number of hydrogen-bond acceptors (Lipinski definition) is 6. The topological polar surface area (TPSA) is 105 Å². The van der Waals surface area contributed by atoms with Crippen molar-refractivity contribution < 1.29 is 9.59 Å². The van der Waals surface area contributed by atoms with Crippen molar-refractivity contribution in [2.75, 3.05) is 13.1 Å². The molecule has 0 aromatic carbocycles. The number of nitrogens with zero attached hydrogens (tertiary/aromatic N) is 5. The highest BCUT2D eigenvalue weighted by Crippen LogP contribution is 2.13. The van der Waals surface area contributed by atoms with E-state index in [-0.39, 0.29) is 18.2 Å². The molecule has 0 aliphatic carbocycles. The molecule has 2 amide bonds. The highest BCUT2D eigenvalue weighted by Gasteiger charge is 2.31. The highest BCUT2D eigenvalue weighted by atomic mass is 16.2. The third-order valence-corrected chi connectivity index (χ3v) is 4.53. The van der Waals surface area contributed by atoms with Gasteiger partial charge in [0.1, 0.15) is 6.33 Å². The molecule has 27 heavy (non-hydrogen) atoms. The maximum Gasteiger partial charge on any atom is 0.237 e. The first-order chi connectivity index (χ1) is 13.2. The molecule has 0 unspecified atom stereocenters. The average Bonchev–Trinajstić information content (AvgIpc) is 3.11. The Labute approximate surface area is 158 Å². The molecule has 9 nitrogen and oxygen atoms in total. The van der Waals surface area contributed by atoms with E-state index in [1.165, 1.54) is 0 Å². The van der Waals surface area contributed by atoms with Crippen molar-refractivity contribution in [3.63, 3.8) is 0 Å². The van der Waals surface area contributed by atoms with E-state index in [9.17, 15) is 9.59 Å². The normalized spacial score (nSPS) is 17.5. The Kier molecular flexibility index (Phi) is 6.48. The van der Waals surface area contributed by atoms with Crippen LogP contribution in [-0.2, 0) is 29.2 Å². The number of aryl methyl sites for hydroxylation is 1. The molecule has 1 saturated heterocycles. The van der Waals surface area contributed by atoms with Crippen LogP contribution in [0, 0.1) is 0 Å². The number of aromatic nitrogens is 4. The van der Waals surface area contributed by atoms with Crippen LogP contribution in [0.1, 0.15) is 31.2 Å². The van der Waals surface area contributed by atoms with Gasteiger partial charge in [-0.05, 0) is 18.1 Å². The first kappa shape index (κ1) is 19.0. The van der Waals surface area contributed by atoms with Gasteiger partial charge in [-0.25, -0.2) is 0 Å². The van der Waals surface area contributed by atoms with Gasteiger partial charge in [-0.2, -0.15) is 0 Å². The summed E-state index contributed by atoms with van der Waals surface area (Å²) in [7, 11) is 0. The van der Waals surface area contributed by atoms with E-state index in [4.69, 9.17) is 0 Å². The zero-order valence-electron chi connectivity index (χ0n) is 15.5. The quantitative estimate of drug-likeness (QED) is 0.681. The van der Waals surface area contributed by atoms with Gasteiger partial charge in [0, 0.05) is 38.6 Å². The molecule has 9 heteroatoms. The maximum absolute atomic E-state index is 12.4. The number of amides is 2. The second-order valence-corrected chi connectivity index (χ2v) is 6.56. The van der Waals surface area contributed by atoms with Crippen LogP contribution >= 0.6 is 0 Å². The lowest BCUT2D eigenvalue weighted by Crippen LogP contribution is -2.56. The van der Waals surface area contributed by atoms with Crippen molar-refractivity contribution in [3.8, 4) is 0 Å². The SMILES string of the molecule is CCCn1cnnc1CNC(=O)C[C@H]1C(=O)NCCN1Cc1cccnc1. The van der Waals surface area contributed by atoms with E-state index in [1.807, 2.05) is 21.6 Å². The van der Waals surface area contributed by atoms with Crippen LogP contribution in [0.15, 0.2) is 30.9 Å². The van der Waals surface area contributed by atoms with Gasteiger partial charge in [-0.15, -0.1) is 10.2 Å². The van der Waals surface area contributed by atoms with Gasteiger partial charge in [0.2, 0.25) is 11.8 Å². The van der Waals surface area contributed by atoms with Gasteiger partial charge in [0.25, 0.3) is 0 Å². The van der Waals surface area contributed by atoms with E-state index in [0.29, 0.717) is 32.0 Å². The Bertz CT molecular complexity index is 762. The van der Waals surface area contributed by atoms with E-state index >= 15 is 0 Å². The fraction of sp³-hybridized carbons (Fsp3) is 0.500. The van der Waals surface area contributed by atoms with E-state index in [2.05, 4.69) is 32.7 Å². The number of rotatable bonds is 8. The molecule has 1 fully saturated rings. The number of carbonyl (C=O) groups excluding carboxylic acids is 2. The molecule has 2 aromatic rings. The maximum atomic E-state index is 12.4. The Morgan fingerprint density at radius 3 is 3.11 bits per heavy atom. The molecule has 0 spiro atoms. The van der Waals surface area contributed by atoms with Gasteiger partial charge >= 0.3 is 0 Å². The standard InChI is InChI=1S/C18H25N7O2/c1-2-7-25-13-22-23-16(25)11-21-17(26)9-15-18(27)20-6-8-24(15)12-14-4-3-5-19-10-14/h3-5,10,13,15H,2,6-9,11-12H2,1H3,(H,20,27)(H,21,26)/t15-/m0/s1. The molecule has 3 rings (SSSR count). The van der Waals surface area contributed by atoms with Crippen molar-refractivity contribution in [2.45, 2.75) is 45.4 Å². The summed E-state index contributed by atoms with van der Waals surface area (Å²) in [5.74, 6) is 0.416. The summed E-state index contributed by atoms with van der Waals surface area (Å²) >= 11 is 0. The summed E-state index contributed by atoms with van der Waals surface area (Å²) in [6.07, 6.45) is 6.23. The van der Waals surface area contributed by atoms with Crippen LogP contribution in [0.3, 0.4) is 0 Å². The molecule has 0 saturated carbocycles. The second kappa shape index (κ2) is 9.22. The highest BCUT2D eigenvalue weighted by molar-refractivity contribution is 5.88. The molecule has 1 aliphatic heterocycles. The van der Waals surface area contributed by atoms with Crippen LogP contribution in [0.4, 0.5) is 0 Å². The van der Waals surface area contributed by atoms with Crippen LogP contribution in [0.25, 0.3) is 0 Å². The Hall–Kier alpha value is -2.81. The summed E-state index contributed by atoms with van der Waals surface area (Å²) in [6.45, 7) is 5.05. The van der Waals surface area contributed by atoms with E-state index in [1.54, 1.807) is 18.7 Å². The van der Waals surface area contributed by atoms with Gasteiger partial charge in [-0.3, -0.25) is 19.5 Å². The van der Waals surface area contributed by atoms with E-state index in [0.717, 1.165) is 18.5 Å². The van der Waals surface area contributed by atoms with Crippen LogP contribution < -0.4 is 10.6 Å². The van der Waals surface area contributed by atoms with Crippen LogP contribution in [0.5, 0.6) is 0 Å². The van der Waals surface area contributed by atoms with Crippen molar-refractivity contribution >= 4 is 11.8 Å². The van der Waals surface area contributed by atoms with Crippen molar-refractivity contribution in [1.29, 1.82) is 0 Å². The van der Waals surface area contributed by atoms with Gasteiger partial charge < -0.3 is 15.2 Å². The lowest BCUT2D eigenvalue weighted by Gasteiger charge is -2.34. The fourth-order valence-corrected chi connectivity index (χ4v) is 3.17. The van der Waals surface area contributed by atoms with Crippen LogP contribution in [-0.4, -0.2) is 55.6 Å². The van der Waals surface area contributed by atoms with Gasteiger partial charge in [0.05, 0.1) is 19.0 Å². The summed E-state index contributed by atoms with van der Waals surface area (Å²) in [5.41, 5.74) is 1.02. The third kappa shape index (κ3) is 5.10. The van der Waals surface area contributed by atoms with Gasteiger partial charge in [0.15, 0.2) is 5.82 Å². The summed E-state index contributed by atoms with van der Waals surface area (Å²) < 4.78 is 1.92. The molecular formula is C18H25N7O2. The smallest absolute Gasteiger partial charge is 0.237 e. The van der Waals surface area contributed by atoms with Crippen molar-refractivity contribution in [3.05, 3.63) is 42.2 Å². The lowest BCUT2D eigenvalue weighted by molar-refractivity contribution is -0.134. The molecule has 3 heterocycles. The molecule has 2 N–H and O–H groups in total. The molecule has 2 aromatic heterocycles. The minimum absolute atomic E-state index is 0.105. The lowest BCUT2D eigenvalue weighted by atomic mass is 10.1. The van der Waals surface area contributed by atoms with Crippen molar-refractivity contribution in [1.82, 2.24) is 35.3 Å². The predicted molar refractivity (Wildman–Crippen MR) is 98.2 cm³/mol. The van der Waals surface area contributed by atoms with Crippen molar-refractivity contribution in [2.24, 2.45) is 0 Å². The summed E-state index contributed by atoms with van der Waals surface area (Å²) in [5, 5.41) is 13.6.